The number of para-hydroxylation sites is 1. The van der Waals surface area contributed by atoms with Crippen LogP contribution < -0.4 is 10.2 Å². The molecule has 0 spiro atoms. The van der Waals surface area contributed by atoms with Crippen LogP contribution in [0.2, 0.25) is 0 Å². The van der Waals surface area contributed by atoms with Crippen molar-refractivity contribution in [3.8, 4) is 0 Å². The third-order valence-electron chi connectivity index (χ3n) is 5.74. The first-order chi connectivity index (χ1) is 14.2. The van der Waals surface area contributed by atoms with Crippen LogP contribution in [0.15, 0.2) is 36.9 Å². The Labute approximate surface area is 175 Å². The Balaban J connectivity index is 1.92. The maximum Gasteiger partial charge on any atom is 0.354 e. The summed E-state index contributed by atoms with van der Waals surface area (Å²) in [6.07, 6.45) is 1.67. The van der Waals surface area contributed by atoms with E-state index in [1.165, 1.54) is 15.9 Å². The van der Waals surface area contributed by atoms with E-state index in [2.05, 4.69) is 11.9 Å². The highest BCUT2D eigenvalue weighted by atomic mass is 16.5. The molecule has 1 saturated heterocycles. The molecule has 8 nitrogen and oxygen atoms in total. The van der Waals surface area contributed by atoms with Gasteiger partial charge in [-0.3, -0.25) is 19.3 Å². The van der Waals surface area contributed by atoms with Gasteiger partial charge >= 0.3 is 5.97 Å². The van der Waals surface area contributed by atoms with Crippen LogP contribution in [0.3, 0.4) is 0 Å². The van der Waals surface area contributed by atoms with Crippen molar-refractivity contribution in [2.75, 3.05) is 18.1 Å². The minimum Gasteiger partial charge on any atom is -0.452 e. The molecular weight excluding hydrogens is 386 g/mol. The second-order valence-corrected chi connectivity index (χ2v) is 7.94. The van der Waals surface area contributed by atoms with Gasteiger partial charge in [0.25, 0.3) is 11.8 Å². The van der Waals surface area contributed by atoms with Gasteiger partial charge in [-0.25, -0.2) is 4.79 Å². The fourth-order valence-corrected chi connectivity index (χ4v) is 3.84. The van der Waals surface area contributed by atoms with Gasteiger partial charge in [0.05, 0.1) is 11.3 Å². The lowest BCUT2D eigenvalue weighted by molar-refractivity contribution is -0.160. The second kappa shape index (κ2) is 8.30. The fraction of sp³-hybridized carbons (Fsp3) is 0.455. The lowest BCUT2D eigenvalue weighted by Crippen LogP contribution is -2.68. The number of hydrogen-bond donors (Lipinski definition) is 1. The Kier molecular flexibility index (Phi) is 5.96. The number of esters is 1. The average molecular weight is 413 g/mol. The van der Waals surface area contributed by atoms with Crippen molar-refractivity contribution in [2.45, 2.75) is 45.3 Å². The molecule has 1 aromatic rings. The van der Waals surface area contributed by atoms with Gasteiger partial charge in [-0.2, -0.15) is 0 Å². The highest BCUT2D eigenvalue weighted by Crippen LogP contribution is 2.44. The zero-order valence-corrected chi connectivity index (χ0v) is 17.5. The minimum atomic E-state index is -1.62. The molecule has 160 valence electrons. The number of ether oxygens (including phenoxy) is 1. The molecule has 2 atom stereocenters. The number of amides is 3. The highest BCUT2D eigenvalue weighted by Gasteiger charge is 2.61. The lowest BCUT2D eigenvalue weighted by Gasteiger charge is -2.48. The van der Waals surface area contributed by atoms with Crippen LogP contribution in [0.5, 0.6) is 0 Å². The van der Waals surface area contributed by atoms with Crippen LogP contribution in [0, 0.1) is 5.92 Å². The Hall–Kier alpha value is -3.16. The summed E-state index contributed by atoms with van der Waals surface area (Å²) in [4.78, 5) is 54.1. The van der Waals surface area contributed by atoms with E-state index in [1.807, 2.05) is 20.8 Å². The number of rotatable bonds is 7. The Morgan fingerprint density at radius 2 is 1.97 bits per heavy atom. The Morgan fingerprint density at radius 3 is 2.63 bits per heavy atom. The molecule has 0 saturated carbocycles. The third kappa shape index (κ3) is 3.46. The molecule has 3 rings (SSSR count). The highest BCUT2D eigenvalue weighted by molar-refractivity contribution is 6.15. The predicted molar refractivity (Wildman–Crippen MR) is 111 cm³/mol. The average Bonchev–Trinajstić information content (AvgIpc) is 3.07. The molecule has 0 bridgehead atoms. The van der Waals surface area contributed by atoms with Crippen molar-refractivity contribution in [3.63, 3.8) is 0 Å². The van der Waals surface area contributed by atoms with Gasteiger partial charge in [-0.1, -0.05) is 32.1 Å². The van der Waals surface area contributed by atoms with Crippen LogP contribution in [0.25, 0.3) is 0 Å². The van der Waals surface area contributed by atoms with Crippen molar-refractivity contribution >= 4 is 29.4 Å². The molecule has 0 aromatic heterocycles. The van der Waals surface area contributed by atoms with E-state index >= 15 is 0 Å². The Morgan fingerprint density at radius 1 is 1.27 bits per heavy atom. The number of carbonyl (C=O) groups is 4. The molecule has 1 N–H and O–H groups in total. The van der Waals surface area contributed by atoms with Gasteiger partial charge in [-0.15, -0.1) is 6.58 Å². The number of hydrogen-bond acceptors (Lipinski definition) is 5. The largest absolute Gasteiger partial charge is 0.452 e. The van der Waals surface area contributed by atoms with E-state index < -0.39 is 24.1 Å². The molecule has 0 aliphatic carbocycles. The molecule has 2 aliphatic rings. The van der Waals surface area contributed by atoms with Crippen molar-refractivity contribution in [2.24, 2.45) is 5.92 Å². The fourth-order valence-electron chi connectivity index (χ4n) is 3.84. The van der Waals surface area contributed by atoms with Gasteiger partial charge < -0.3 is 15.0 Å². The zero-order chi connectivity index (χ0) is 22.1. The lowest BCUT2D eigenvalue weighted by atomic mass is 9.96. The number of nitrogens with one attached hydrogen (secondary N) is 1. The SMILES string of the molecule is C=CCN1C(=O)c2ccccc2N2C(=O)CC[C@@]12C(=O)OCC(=O)N[C@H](C)C(C)C. The number of nitrogens with zero attached hydrogens (tertiary/aromatic N) is 2. The topological polar surface area (TPSA) is 96.0 Å². The van der Waals surface area contributed by atoms with E-state index in [0.29, 0.717) is 11.3 Å². The van der Waals surface area contributed by atoms with Gasteiger partial charge in [0.15, 0.2) is 6.61 Å². The van der Waals surface area contributed by atoms with Gasteiger partial charge in [0.2, 0.25) is 11.6 Å². The summed E-state index contributed by atoms with van der Waals surface area (Å²) < 4.78 is 5.34. The van der Waals surface area contributed by atoms with Gasteiger partial charge in [-0.05, 0) is 25.0 Å². The molecule has 0 radical (unpaired) electrons. The van der Waals surface area contributed by atoms with E-state index in [-0.39, 0.29) is 43.2 Å². The predicted octanol–water partition coefficient (Wildman–Crippen LogP) is 1.86. The van der Waals surface area contributed by atoms with Crippen LogP contribution in [0.1, 0.15) is 44.0 Å². The second-order valence-electron chi connectivity index (χ2n) is 7.94. The molecule has 2 heterocycles. The summed E-state index contributed by atoms with van der Waals surface area (Å²) in [5, 5.41) is 2.77. The number of benzene rings is 1. The van der Waals surface area contributed by atoms with Crippen molar-refractivity contribution in [1.29, 1.82) is 0 Å². The van der Waals surface area contributed by atoms with Crippen molar-refractivity contribution in [1.82, 2.24) is 10.2 Å². The van der Waals surface area contributed by atoms with Gasteiger partial charge in [0.1, 0.15) is 0 Å². The smallest absolute Gasteiger partial charge is 0.354 e. The summed E-state index contributed by atoms with van der Waals surface area (Å²) in [6, 6.07) is 6.59. The molecule has 3 amide bonds. The molecular formula is C22H27N3O5. The maximum atomic E-state index is 13.3. The van der Waals surface area contributed by atoms with Gasteiger partial charge in [0, 0.05) is 25.4 Å². The van der Waals surface area contributed by atoms with E-state index in [4.69, 9.17) is 4.74 Å². The standard InChI is InChI=1S/C22H27N3O5/c1-5-12-24-20(28)16-8-6-7-9-17(16)25-19(27)10-11-22(24,25)21(29)30-13-18(26)23-15(4)14(2)3/h5-9,14-15H,1,10-13H2,2-4H3,(H,23,26)/t15-,22-/m1/s1. The summed E-state index contributed by atoms with van der Waals surface area (Å²) in [7, 11) is 0. The molecule has 30 heavy (non-hydrogen) atoms. The molecule has 1 fully saturated rings. The molecule has 8 heteroatoms. The minimum absolute atomic E-state index is 0.0582. The number of fused-ring (bicyclic) bond motifs is 3. The van der Waals surface area contributed by atoms with Crippen LogP contribution >= 0.6 is 0 Å². The zero-order valence-electron chi connectivity index (χ0n) is 17.5. The summed E-state index contributed by atoms with van der Waals surface area (Å²) in [5.41, 5.74) is -0.914. The van der Waals surface area contributed by atoms with Crippen LogP contribution in [-0.2, 0) is 19.1 Å². The first-order valence-electron chi connectivity index (χ1n) is 10.1. The quantitative estimate of drug-likeness (QED) is 0.544. The number of anilines is 1. The maximum absolute atomic E-state index is 13.3. The number of carbonyl (C=O) groups excluding carboxylic acids is 4. The molecule has 2 aliphatic heterocycles. The molecule has 0 unspecified atom stereocenters. The summed E-state index contributed by atoms with van der Waals surface area (Å²) in [6.45, 7) is 9.05. The third-order valence-corrected chi connectivity index (χ3v) is 5.74. The summed E-state index contributed by atoms with van der Waals surface area (Å²) >= 11 is 0. The first kappa shape index (κ1) is 21.5. The Bertz CT molecular complexity index is 897. The van der Waals surface area contributed by atoms with Crippen molar-refractivity contribution in [3.05, 3.63) is 42.5 Å². The molecule has 1 aromatic carbocycles. The van der Waals surface area contributed by atoms with Crippen LogP contribution in [0.4, 0.5) is 5.69 Å². The van der Waals surface area contributed by atoms with Crippen molar-refractivity contribution < 1.29 is 23.9 Å². The van der Waals surface area contributed by atoms with E-state index in [1.54, 1.807) is 24.3 Å². The first-order valence-corrected chi connectivity index (χ1v) is 10.1. The monoisotopic (exact) mass is 413 g/mol. The normalized spacial score (nSPS) is 21.2. The summed E-state index contributed by atoms with van der Waals surface area (Å²) in [5.74, 6) is -1.67. The van der Waals surface area contributed by atoms with E-state index in [0.717, 1.165) is 0 Å². The van der Waals surface area contributed by atoms with Crippen LogP contribution in [-0.4, -0.2) is 53.4 Å². The van der Waals surface area contributed by atoms with E-state index in [9.17, 15) is 19.2 Å².